The van der Waals surface area contributed by atoms with Gasteiger partial charge >= 0.3 is 0 Å². The Bertz CT molecular complexity index is 295. The van der Waals surface area contributed by atoms with E-state index >= 15 is 0 Å². The van der Waals surface area contributed by atoms with Gasteiger partial charge in [-0.2, -0.15) is 0 Å². The molecule has 0 amide bonds. The predicted molar refractivity (Wildman–Crippen MR) is 40.6 cm³/mol. The lowest BCUT2D eigenvalue weighted by Crippen LogP contribution is -2.13. The van der Waals surface area contributed by atoms with Gasteiger partial charge in [0.05, 0.1) is 0 Å². The zero-order valence-electron chi connectivity index (χ0n) is 5.74. The lowest BCUT2D eigenvalue weighted by Gasteiger charge is -1.98. The second-order valence-corrected chi connectivity index (χ2v) is 1.99. The van der Waals surface area contributed by atoms with Crippen LogP contribution in [0.2, 0.25) is 0 Å². The highest BCUT2D eigenvalue weighted by Crippen LogP contribution is 2.01. The number of nitrogens with one attached hydrogen (secondary N) is 1. The maximum atomic E-state index is 10.4. The summed E-state index contributed by atoms with van der Waals surface area (Å²) < 4.78 is 0. The summed E-state index contributed by atoms with van der Waals surface area (Å²) in [6, 6.07) is 1.52. The van der Waals surface area contributed by atoms with Gasteiger partial charge < -0.3 is 5.73 Å². The third kappa shape index (κ3) is 1.40. The Kier molecular flexibility index (Phi) is 1.96. The second kappa shape index (κ2) is 2.92. The Balaban J connectivity index is 3.22. The third-order valence-corrected chi connectivity index (χ3v) is 1.27. The lowest BCUT2D eigenvalue weighted by molar-refractivity contribution is 0.112. The van der Waals surface area contributed by atoms with Gasteiger partial charge in [-0.1, -0.05) is 0 Å². The van der Waals surface area contributed by atoms with E-state index in [0.717, 1.165) is 0 Å². The SMILES string of the molecule is N=C(N)c1cnccc1C=O. The smallest absolute Gasteiger partial charge is 0.150 e. The molecule has 0 spiro atoms. The molecule has 0 aliphatic rings. The molecule has 1 aromatic rings. The average molecular weight is 149 g/mol. The summed E-state index contributed by atoms with van der Waals surface area (Å²) in [7, 11) is 0. The number of hydrogen-bond acceptors (Lipinski definition) is 3. The van der Waals surface area contributed by atoms with Gasteiger partial charge in [-0.3, -0.25) is 15.2 Å². The van der Waals surface area contributed by atoms with Crippen molar-refractivity contribution in [2.45, 2.75) is 0 Å². The van der Waals surface area contributed by atoms with Crippen LogP contribution in [0.3, 0.4) is 0 Å². The highest BCUT2D eigenvalue weighted by molar-refractivity contribution is 6.01. The molecule has 1 heterocycles. The van der Waals surface area contributed by atoms with Crippen molar-refractivity contribution in [3.8, 4) is 0 Å². The fourth-order valence-electron chi connectivity index (χ4n) is 0.733. The number of aromatic nitrogens is 1. The average Bonchev–Trinajstić information content (AvgIpc) is 2.04. The Morgan fingerprint density at radius 2 is 2.45 bits per heavy atom. The van der Waals surface area contributed by atoms with E-state index in [2.05, 4.69) is 4.98 Å². The number of hydrogen-bond donors (Lipinski definition) is 2. The highest BCUT2D eigenvalue weighted by atomic mass is 16.1. The molecule has 0 fully saturated rings. The first-order chi connectivity index (χ1) is 5.25. The number of nitrogen functional groups attached to an aromatic ring is 1. The topological polar surface area (TPSA) is 79.8 Å². The van der Waals surface area contributed by atoms with Crippen LogP contribution in [-0.2, 0) is 0 Å². The maximum Gasteiger partial charge on any atom is 0.150 e. The van der Waals surface area contributed by atoms with E-state index in [4.69, 9.17) is 11.1 Å². The molecule has 4 nitrogen and oxygen atoms in total. The van der Waals surface area contributed by atoms with E-state index in [0.29, 0.717) is 17.4 Å². The molecule has 0 saturated carbocycles. The molecule has 1 rings (SSSR count). The molecule has 1 aromatic heterocycles. The van der Waals surface area contributed by atoms with Crippen molar-refractivity contribution in [2.24, 2.45) is 5.73 Å². The molecular formula is C7H7N3O. The van der Waals surface area contributed by atoms with Crippen molar-refractivity contribution in [2.75, 3.05) is 0 Å². The molecular weight excluding hydrogens is 142 g/mol. The van der Waals surface area contributed by atoms with Crippen molar-refractivity contribution in [1.29, 1.82) is 5.41 Å². The van der Waals surface area contributed by atoms with Crippen LogP contribution >= 0.6 is 0 Å². The minimum atomic E-state index is -0.139. The van der Waals surface area contributed by atoms with Crippen molar-refractivity contribution in [1.82, 2.24) is 4.98 Å². The van der Waals surface area contributed by atoms with Crippen molar-refractivity contribution in [3.05, 3.63) is 29.6 Å². The van der Waals surface area contributed by atoms with E-state index in [-0.39, 0.29) is 5.84 Å². The van der Waals surface area contributed by atoms with Crippen LogP contribution in [0.5, 0.6) is 0 Å². The Labute approximate surface area is 63.6 Å². The summed E-state index contributed by atoms with van der Waals surface area (Å²) in [5.41, 5.74) is 5.95. The molecule has 4 heteroatoms. The van der Waals surface area contributed by atoms with Crippen LogP contribution in [0.15, 0.2) is 18.5 Å². The molecule has 11 heavy (non-hydrogen) atoms. The standard InChI is InChI=1S/C7H7N3O/c8-7(9)6-3-10-2-1-5(6)4-11/h1-4H,(H3,8,9). The van der Waals surface area contributed by atoms with Gasteiger partial charge in [0.25, 0.3) is 0 Å². The van der Waals surface area contributed by atoms with Gasteiger partial charge in [0.1, 0.15) is 5.84 Å². The summed E-state index contributed by atoms with van der Waals surface area (Å²) in [6.07, 6.45) is 3.53. The van der Waals surface area contributed by atoms with Crippen LogP contribution in [0.4, 0.5) is 0 Å². The molecule has 0 aliphatic carbocycles. The summed E-state index contributed by atoms with van der Waals surface area (Å²) in [6.45, 7) is 0. The van der Waals surface area contributed by atoms with E-state index in [9.17, 15) is 4.79 Å². The van der Waals surface area contributed by atoms with Crippen molar-refractivity contribution >= 4 is 12.1 Å². The summed E-state index contributed by atoms with van der Waals surface area (Å²) >= 11 is 0. The predicted octanol–water partition coefficient (Wildman–Crippen LogP) is 0.178. The minimum absolute atomic E-state index is 0.139. The summed E-state index contributed by atoms with van der Waals surface area (Å²) in [4.78, 5) is 14.1. The van der Waals surface area contributed by atoms with Gasteiger partial charge in [0, 0.05) is 23.5 Å². The maximum absolute atomic E-state index is 10.4. The molecule has 3 N–H and O–H groups in total. The number of nitrogens with two attached hydrogens (primary N) is 1. The number of aldehydes is 1. The molecule has 56 valence electrons. The van der Waals surface area contributed by atoms with E-state index in [1.54, 1.807) is 0 Å². The zero-order chi connectivity index (χ0) is 8.27. The van der Waals surface area contributed by atoms with E-state index in [1.807, 2.05) is 0 Å². The molecule has 0 aromatic carbocycles. The summed E-state index contributed by atoms with van der Waals surface area (Å²) in [5, 5.41) is 7.06. The highest BCUT2D eigenvalue weighted by Gasteiger charge is 2.02. The first-order valence-corrected chi connectivity index (χ1v) is 2.99. The molecule has 0 bridgehead atoms. The third-order valence-electron chi connectivity index (χ3n) is 1.27. The molecule has 0 aliphatic heterocycles. The van der Waals surface area contributed by atoms with Crippen LogP contribution in [-0.4, -0.2) is 17.1 Å². The normalized spacial score (nSPS) is 9.09. The van der Waals surface area contributed by atoms with Crippen LogP contribution in [0.25, 0.3) is 0 Å². The zero-order valence-corrected chi connectivity index (χ0v) is 5.74. The van der Waals surface area contributed by atoms with Crippen LogP contribution in [0, 0.1) is 5.41 Å². The lowest BCUT2D eigenvalue weighted by atomic mass is 10.1. The fraction of sp³-hybridized carbons (Fsp3) is 0. The molecule has 0 saturated heterocycles. The van der Waals surface area contributed by atoms with Gasteiger partial charge in [-0.15, -0.1) is 0 Å². The number of nitrogens with zero attached hydrogens (tertiary/aromatic N) is 1. The monoisotopic (exact) mass is 149 g/mol. The largest absolute Gasteiger partial charge is 0.384 e. The fourth-order valence-corrected chi connectivity index (χ4v) is 0.733. The van der Waals surface area contributed by atoms with Crippen LogP contribution in [0.1, 0.15) is 15.9 Å². The number of rotatable bonds is 2. The number of carbonyl (C=O) groups is 1. The quantitative estimate of drug-likeness (QED) is 0.357. The molecule has 0 atom stereocenters. The van der Waals surface area contributed by atoms with Gasteiger partial charge in [-0.05, 0) is 6.07 Å². The van der Waals surface area contributed by atoms with E-state index < -0.39 is 0 Å². The molecule has 0 radical (unpaired) electrons. The number of carbonyl (C=O) groups excluding carboxylic acids is 1. The Morgan fingerprint density at radius 3 is 2.91 bits per heavy atom. The molecule has 0 unspecified atom stereocenters. The van der Waals surface area contributed by atoms with Gasteiger partial charge in [0.2, 0.25) is 0 Å². The van der Waals surface area contributed by atoms with E-state index in [1.165, 1.54) is 18.5 Å². The first kappa shape index (κ1) is 7.40. The summed E-state index contributed by atoms with van der Waals surface area (Å²) in [5.74, 6) is -0.139. The first-order valence-electron chi connectivity index (χ1n) is 2.99. The second-order valence-electron chi connectivity index (χ2n) is 1.99. The van der Waals surface area contributed by atoms with Crippen molar-refractivity contribution < 1.29 is 4.79 Å². The van der Waals surface area contributed by atoms with Crippen LogP contribution < -0.4 is 5.73 Å². The number of amidine groups is 1. The van der Waals surface area contributed by atoms with Crippen molar-refractivity contribution in [3.63, 3.8) is 0 Å². The minimum Gasteiger partial charge on any atom is -0.384 e. The number of pyridine rings is 1. The Morgan fingerprint density at radius 1 is 1.73 bits per heavy atom. The van der Waals surface area contributed by atoms with Gasteiger partial charge in [0.15, 0.2) is 6.29 Å². The van der Waals surface area contributed by atoms with Gasteiger partial charge in [-0.25, -0.2) is 0 Å². The Hall–Kier alpha value is -1.71.